The van der Waals surface area contributed by atoms with E-state index in [1.165, 1.54) is 32.9 Å². The van der Waals surface area contributed by atoms with Gasteiger partial charge in [0.1, 0.15) is 0 Å². The molecule has 9 heteroatoms. The van der Waals surface area contributed by atoms with Crippen molar-refractivity contribution in [3.63, 3.8) is 0 Å². The van der Waals surface area contributed by atoms with Crippen molar-refractivity contribution in [2.24, 2.45) is 0 Å². The van der Waals surface area contributed by atoms with Crippen molar-refractivity contribution in [1.29, 1.82) is 0 Å². The summed E-state index contributed by atoms with van der Waals surface area (Å²) in [4.78, 5) is 13.9. The molecule has 7 rings (SSSR count). The van der Waals surface area contributed by atoms with E-state index >= 15 is 0 Å². The van der Waals surface area contributed by atoms with E-state index in [0.29, 0.717) is 11.1 Å². The molecule has 0 unspecified atom stereocenters. The van der Waals surface area contributed by atoms with Gasteiger partial charge in [-0.25, -0.2) is 16.8 Å². The molecule has 0 aromatic heterocycles. The van der Waals surface area contributed by atoms with E-state index in [0.717, 1.165) is 22.3 Å². The largest absolute Gasteiger partial charge is 0.289 e. The van der Waals surface area contributed by atoms with Gasteiger partial charge < -0.3 is 0 Å². The number of carbonyl (C=O) groups is 1. The van der Waals surface area contributed by atoms with Gasteiger partial charge >= 0.3 is 0 Å². The van der Waals surface area contributed by atoms with Crippen LogP contribution in [0.5, 0.6) is 0 Å². The summed E-state index contributed by atoms with van der Waals surface area (Å²) < 4.78 is 59.7. The van der Waals surface area contributed by atoms with Gasteiger partial charge in [-0.3, -0.25) is 4.79 Å². The summed E-state index contributed by atoms with van der Waals surface area (Å²) in [6.45, 7) is 0.583. The summed E-state index contributed by atoms with van der Waals surface area (Å²) >= 11 is 0. The average molecular weight is 699 g/mol. The summed E-state index contributed by atoms with van der Waals surface area (Å²) in [5, 5.41) is 0. The van der Waals surface area contributed by atoms with Crippen LogP contribution in [0.2, 0.25) is 0 Å². The highest BCUT2D eigenvalue weighted by Crippen LogP contribution is 2.40. The average Bonchev–Trinajstić information content (AvgIpc) is 3.43. The van der Waals surface area contributed by atoms with Crippen LogP contribution in [0, 0.1) is 0 Å². The van der Waals surface area contributed by atoms with Crippen LogP contribution >= 0.6 is 0 Å². The number of sulfonamides is 2. The highest BCUT2D eigenvalue weighted by Gasteiger charge is 2.33. The summed E-state index contributed by atoms with van der Waals surface area (Å²) in [6, 6.07) is 46.6. The zero-order chi connectivity index (χ0) is 34.7. The molecule has 0 N–H and O–H groups in total. The van der Waals surface area contributed by atoms with Gasteiger partial charge in [-0.2, -0.15) is 8.61 Å². The number of rotatable bonds is 12. The standard InChI is InChI=1S/C41H34N2O5S2/c44-41-39-25-35(49(45,46)42(27-31-13-5-1-6-14-31)28-32-15-7-2-8-16-32)21-23-37(39)38-24-22-36(26-40(38)41)50(47,48)43(29-33-17-9-3-10-18-33)30-34-19-11-4-12-20-34/h1-26H,27-30H2. The van der Waals surface area contributed by atoms with Crippen molar-refractivity contribution in [3.05, 3.63) is 191 Å². The highest BCUT2D eigenvalue weighted by molar-refractivity contribution is 7.89. The maximum Gasteiger partial charge on any atom is 0.243 e. The van der Waals surface area contributed by atoms with Crippen LogP contribution in [0.4, 0.5) is 0 Å². The van der Waals surface area contributed by atoms with Crippen LogP contribution in [-0.2, 0) is 46.2 Å². The van der Waals surface area contributed by atoms with Crippen LogP contribution in [0.3, 0.4) is 0 Å². The van der Waals surface area contributed by atoms with Gasteiger partial charge in [-0.15, -0.1) is 0 Å². The number of hydrogen-bond donors (Lipinski definition) is 0. The maximum absolute atomic E-state index is 14.2. The third-order valence-electron chi connectivity index (χ3n) is 8.84. The Labute approximate surface area is 293 Å². The van der Waals surface area contributed by atoms with E-state index in [9.17, 15) is 21.6 Å². The van der Waals surface area contributed by atoms with Crippen molar-refractivity contribution >= 4 is 25.8 Å². The Morgan fingerprint density at radius 1 is 0.360 bits per heavy atom. The Hall–Kier alpha value is -5.19. The highest BCUT2D eigenvalue weighted by atomic mass is 32.2. The first-order valence-corrected chi connectivity index (χ1v) is 19.1. The molecule has 0 bridgehead atoms. The molecule has 0 aliphatic heterocycles. The molecule has 0 heterocycles. The lowest BCUT2D eigenvalue weighted by Gasteiger charge is -2.23. The molecule has 0 atom stereocenters. The second kappa shape index (κ2) is 14.0. The Balaban J connectivity index is 1.21. The SMILES string of the molecule is O=C1c2cc(S(=O)(=O)N(Cc3ccccc3)Cc3ccccc3)ccc2-c2ccc(S(=O)(=O)N(Cc3ccccc3)Cc3ccccc3)cc21. The molecule has 1 aliphatic rings. The molecule has 6 aromatic rings. The zero-order valence-electron chi connectivity index (χ0n) is 27.1. The van der Waals surface area contributed by atoms with Crippen LogP contribution in [0.1, 0.15) is 38.2 Å². The van der Waals surface area contributed by atoms with Crippen LogP contribution in [0.15, 0.2) is 168 Å². The maximum atomic E-state index is 14.2. The molecule has 250 valence electrons. The van der Waals surface area contributed by atoms with Crippen molar-refractivity contribution in [2.75, 3.05) is 0 Å². The minimum Gasteiger partial charge on any atom is -0.289 e. The molecule has 0 amide bonds. The van der Waals surface area contributed by atoms with E-state index in [2.05, 4.69) is 0 Å². The lowest BCUT2D eigenvalue weighted by Crippen LogP contribution is -2.30. The molecule has 0 fully saturated rings. The lowest BCUT2D eigenvalue weighted by molar-refractivity contribution is 0.104. The monoisotopic (exact) mass is 698 g/mol. The van der Waals surface area contributed by atoms with Gasteiger partial charge in [0.2, 0.25) is 20.0 Å². The second-order valence-electron chi connectivity index (χ2n) is 12.2. The van der Waals surface area contributed by atoms with Gasteiger partial charge in [0.15, 0.2) is 5.78 Å². The third-order valence-corrected chi connectivity index (χ3v) is 12.4. The molecule has 0 radical (unpaired) electrons. The van der Waals surface area contributed by atoms with E-state index in [4.69, 9.17) is 0 Å². The minimum atomic E-state index is -4.05. The van der Waals surface area contributed by atoms with E-state index in [-0.39, 0.29) is 47.1 Å². The van der Waals surface area contributed by atoms with E-state index in [1.54, 1.807) is 12.1 Å². The van der Waals surface area contributed by atoms with Crippen molar-refractivity contribution in [1.82, 2.24) is 8.61 Å². The van der Waals surface area contributed by atoms with Gasteiger partial charge in [0, 0.05) is 37.3 Å². The Kier molecular flexibility index (Phi) is 9.31. The molecular formula is C41H34N2O5S2. The topological polar surface area (TPSA) is 91.8 Å². The van der Waals surface area contributed by atoms with Crippen molar-refractivity contribution in [2.45, 2.75) is 36.0 Å². The van der Waals surface area contributed by atoms with Crippen LogP contribution in [0.25, 0.3) is 11.1 Å². The van der Waals surface area contributed by atoms with Crippen LogP contribution < -0.4 is 0 Å². The quantitative estimate of drug-likeness (QED) is 0.131. The summed E-state index contributed by atoms with van der Waals surface area (Å²) in [5.74, 6) is -0.417. The fourth-order valence-electron chi connectivity index (χ4n) is 6.26. The summed E-state index contributed by atoms with van der Waals surface area (Å²) in [5.41, 5.74) is 4.91. The second-order valence-corrected chi connectivity index (χ2v) is 16.1. The molecule has 1 aliphatic carbocycles. The number of hydrogen-bond acceptors (Lipinski definition) is 5. The lowest BCUT2D eigenvalue weighted by atomic mass is 10.1. The zero-order valence-corrected chi connectivity index (χ0v) is 28.7. The minimum absolute atomic E-state index is 0.00555. The molecule has 0 saturated carbocycles. The molecule has 50 heavy (non-hydrogen) atoms. The van der Waals surface area contributed by atoms with Crippen molar-refractivity contribution < 1.29 is 21.6 Å². The van der Waals surface area contributed by atoms with Gasteiger partial charge in [0.05, 0.1) is 9.79 Å². The number of benzene rings is 6. The summed E-state index contributed by atoms with van der Waals surface area (Å²) in [7, 11) is -8.11. The van der Waals surface area contributed by atoms with Gasteiger partial charge in [-0.05, 0) is 57.6 Å². The summed E-state index contributed by atoms with van der Waals surface area (Å²) in [6.07, 6.45) is 0. The van der Waals surface area contributed by atoms with E-state index in [1.807, 2.05) is 121 Å². The van der Waals surface area contributed by atoms with Gasteiger partial charge in [-0.1, -0.05) is 133 Å². The molecule has 0 spiro atoms. The number of ketones is 1. The smallest absolute Gasteiger partial charge is 0.243 e. The fraction of sp³-hybridized carbons (Fsp3) is 0.0976. The number of carbonyl (C=O) groups excluding carboxylic acids is 1. The van der Waals surface area contributed by atoms with Crippen molar-refractivity contribution in [3.8, 4) is 11.1 Å². The first-order chi connectivity index (χ1) is 24.2. The fourth-order valence-corrected chi connectivity index (χ4v) is 9.14. The predicted molar refractivity (Wildman–Crippen MR) is 194 cm³/mol. The Morgan fingerprint density at radius 3 is 0.920 bits per heavy atom. The number of fused-ring (bicyclic) bond motifs is 3. The van der Waals surface area contributed by atoms with E-state index < -0.39 is 25.8 Å². The van der Waals surface area contributed by atoms with Gasteiger partial charge in [0.25, 0.3) is 0 Å². The third kappa shape index (κ3) is 6.81. The predicted octanol–water partition coefficient (Wildman–Crippen LogP) is 7.68. The first kappa shape index (κ1) is 33.3. The molecule has 0 saturated heterocycles. The number of nitrogens with zero attached hydrogens (tertiary/aromatic N) is 2. The normalized spacial score (nSPS) is 12.6. The Morgan fingerprint density at radius 2 is 0.640 bits per heavy atom. The molecule has 6 aromatic carbocycles. The molecule has 7 nitrogen and oxygen atoms in total. The Bertz CT molecular complexity index is 2120. The first-order valence-electron chi connectivity index (χ1n) is 16.2. The molecular weight excluding hydrogens is 665 g/mol. The van der Waals surface area contributed by atoms with Crippen LogP contribution in [-0.4, -0.2) is 31.2 Å².